The molecule has 2 rings (SSSR count). The van der Waals surface area contributed by atoms with Crippen molar-refractivity contribution in [3.05, 3.63) is 22.4 Å². The fraction of sp³-hybridized carbons (Fsp3) is 0.733. The molecule has 1 saturated carbocycles. The van der Waals surface area contributed by atoms with Gasteiger partial charge in [0.2, 0.25) is 0 Å². The van der Waals surface area contributed by atoms with E-state index in [9.17, 15) is 8.42 Å². The predicted octanol–water partition coefficient (Wildman–Crippen LogP) is 3.39. The Labute approximate surface area is 126 Å². The number of hydrogen-bond donors (Lipinski definition) is 1. The van der Waals surface area contributed by atoms with Gasteiger partial charge < -0.3 is 5.32 Å². The van der Waals surface area contributed by atoms with Crippen LogP contribution in [0.25, 0.3) is 0 Å². The van der Waals surface area contributed by atoms with Crippen molar-refractivity contribution in [2.75, 3.05) is 12.8 Å². The Hall–Kier alpha value is -0.390. The number of thiophene rings is 1. The molecule has 0 amide bonds. The molecule has 0 aromatic carbocycles. The average molecular weight is 316 g/mol. The minimum atomic E-state index is -2.91. The molecule has 0 aliphatic heterocycles. The molecule has 20 heavy (non-hydrogen) atoms. The van der Waals surface area contributed by atoms with Crippen molar-refractivity contribution in [2.24, 2.45) is 5.92 Å². The molecular formula is C15H25NO2S2. The topological polar surface area (TPSA) is 46.2 Å². The van der Waals surface area contributed by atoms with E-state index in [0.29, 0.717) is 12.0 Å². The first kappa shape index (κ1) is 16.0. The summed E-state index contributed by atoms with van der Waals surface area (Å²) in [6.45, 7) is 3.15. The molecule has 1 fully saturated rings. The highest BCUT2D eigenvalue weighted by Crippen LogP contribution is 2.37. The highest BCUT2D eigenvalue weighted by Gasteiger charge is 2.33. The molecule has 1 aromatic heterocycles. The van der Waals surface area contributed by atoms with Gasteiger partial charge in [-0.3, -0.25) is 0 Å². The van der Waals surface area contributed by atoms with Crippen LogP contribution in [-0.2, 0) is 9.84 Å². The summed E-state index contributed by atoms with van der Waals surface area (Å²) >= 11 is 1.71. The third-order valence-corrected chi connectivity index (χ3v) is 6.60. The fourth-order valence-corrected chi connectivity index (χ4v) is 5.07. The van der Waals surface area contributed by atoms with Crippen molar-refractivity contribution < 1.29 is 8.42 Å². The zero-order valence-corrected chi connectivity index (χ0v) is 14.0. The van der Waals surface area contributed by atoms with Gasteiger partial charge >= 0.3 is 0 Å². The van der Waals surface area contributed by atoms with Crippen LogP contribution in [0.1, 0.15) is 50.6 Å². The lowest BCUT2D eigenvalue weighted by Gasteiger charge is -2.34. The van der Waals surface area contributed by atoms with E-state index in [1.54, 1.807) is 11.3 Å². The standard InChI is InChI=1S/C15H25NO2S2/c1-3-8-16-15(13-7-9-19-11-13)12-5-4-6-14(10-12)20(2,17)18/h7,9,11-12,14-16H,3-6,8,10H2,1-2H3. The van der Waals surface area contributed by atoms with Gasteiger partial charge in [-0.05, 0) is 60.5 Å². The van der Waals surface area contributed by atoms with Crippen LogP contribution in [0.4, 0.5) is 0 Å². The van der Waals surface area contributed by atoms with Gasteiger partial charge in [-0.1, -0.05) is 13.3 Å². The zero-order valence-electron chi connectivity index (χ0n) is 12.3. The molecule has 1 aromatic rings. The van der Waals surface area contributed by atoms with Gasteiger partial charge in [-0.15, -0.1) is 0 Å². The van der Waals surface area contributed by atoms with E-state index >= 15 is 0 Å². The van der Waals surface area contributed by atoms with Crippen LogP contribution in [0.15, 0.2) is 16.8 Å². The third-order valence-electron chi connectivity index (χ3n) is 4.26. The molecule has 3 nitrogen and oxygen atoms in total. The third kappa shape index (κ3) is 4.06. The van der Waals surface area contributed by atoms with Gasteiger partial charge in [0.25, 0.3) is 0 Å². The van der Waals surface area contributed by atoms with Crippen LogP contribution in [0.5, 0.6) is 0 Å². The molecule has 0 radical (unpaired) electrons. The molecule has 3 atom stereocenters. The number of rotatable bonds is 6. The van der Waals surface area contributed by atoms with Gasteiger partial charge in [0.15, 0.2) is 0 Å². The Morgan fingerprint density at radius 3 is 2.85 bits per heavy atom. The maximum atomic E-state index is 11.8. The van der Waals surface area contributed by atoms with Gasteiger partial charge in [0.1, 0.15) is 9.84 Å². The summed E-state index contributed by atoms with van der Waals surface area (Å²) in [6, 6.07) is 2.48. The molecule has 1 heterocycles. The number of sulfone groups is 1. The summed E-state index contributed by atoms with van der Waals surface area (Å²) in [5.74, 6) is 0.435. The SMILES string of the molecule is CCCNC(c1ccsc1)C1CCCC(S(C)(=O)=O)C1. The van der Waals surface area contributed by atoms with E-state index in [1.165, 1.54) is 11.8 Å². The second-order valence-corrected chi connectivity index (χ2v) is 8.97. The first-order chi connectivity index (χ1) is 9.52. The maximum Gasteiger partial charge on any atom is 0.150 e. The normalized spacial score (nSPS) is 25.5. The first-order valence-electron chi connectivity index (χ1n) is 7.46. The Kier molecular flexibility index (Phi) is 5.64. The van der Waals surface area contributed by atoms with Crippen LogP contribution < -0.4 is 5.32 Å². The van der Waals surface area contributed by atoms with Crippen LogP contribution >= 0.6 is 11.3 Å². The average Bonchev–Trinajstić information content (AvgIpc) is 2.92. The van der Waals surface area contributed by atoms with Gasteiger partial charge in [-0.25, -0.2) is 8.42 Å². The van der Waals surface area contributed by atoms with E-state index < -0.39 is 9.84 Å². The highest BCUT2D eigenvalue weighted by molar-refractivity contribution is 7.91. The van der Waals surface area contributed by atoms with E-state index in [2.05, 4.69) is 29.1 Å². The molecule has 5 heteroatoms. The van der Waals surface area contributed by atoms with E-state index in [-0.39, 0.29) is 5.25 Å². The summed E-state index contributed by atoms with van der Waals surface area (Å²) in [5.41, 5.74) is 1.32. The largest absolute Gasteiger partial charge is 0.310 e. The van der Waals surface area contributed by atoms with Crippen LogP contribution in [0.2, 0.25) is 0 Å². The van der Waals surface area contributed by atoms with E-state index in [1.807, 2.05) is 0 Å². The lowest BCUT2D eigenvalue weighted by molar-refractivity contribution is 0.273. The Bertz CT molecular complexity index is 496. The smallest absolute Gasteiger partial charge is 0.150 e. The van der Waals surface area contributed by atoms with Gasteiger partial charge in [0, 0.05) is 12.3 Å². The van der Waals surface area contributed by atoms with Crippen LogP contribution in [0, 0.1) is 5.92 Å². The summed E-state index contributed by atoms with van der Waals surface area (Å²) in [6.07, 6.45) is 6.28. The second-order valence-electron chi connectivity index (χ2n) is 5.87. The van der Waals surface area contributed by atoms with Crippen LogP contribution in [0.3, 0.4) is 0 Å². The van der Waals surface area contributed by atoms with Crippen molar-refractivity contribution in [1.29, 1.82) is 0 Å². The predicted molar refractivity (Wildman–Crippen MR) is 85.9 cm³/mol. The lowest BCUT2D eigenvalue weighted by atomic mass is 9.81. The first-order valence-corrected chi connectivity index (χ1v) is 10.4. The zero-order chi connectivity index (χ0) is 14.6. The quantitative estimate of drug-likeness (QED) is 0.875. The van der Waals surface area contributed by atoms with Crippen molar-refractivity contribution in [2.45, 2.75) is 50.3 Å². The summed E-state index contributed by atoms with van der Waals surface area (Å²) in [7, 11) is -2.91. The van der Waals surface area contributed by atoms with E-state index in [0.717, 1.165) is 38.6 Å². The summed E-state index contributed by atoms with van der Waals surface area (Å²) in [5, 5.41) is 7.77. The molecule has 3 unspecified atom stereocenters. The van der Waals surface area contributed by atoms with Crippen LogP contribution in [-0.4, -0.2) is 26.5 Å². The Morgan fingerprint density at radius 1 is 1.45 bits per heavy atom. The Balaban J connectivity index is 2.12. The van der Waals surface area contributed by atoms with Gasteiger partial charge in [-0.2, -0.15) is 11.3 Å². The number of nitrogens with one attached hydrogen (secondary N) is 1. The molecule has 1 N–H and O–H groups in total. The number of hydrogen-bond acceptors (Lipinski definition) is 4. The van der Waals surface area contributed by atoms with Crippen molar-refractivity contribution in [1.82, 2.24) is 5.32 Å². The highest BCUT2D eigenvalue weighted by atomic mass is 32.2. The minimum absolute atomic E-state index is 0.147. The summed E-state index contributed by atoms with van der Waals surface area (Å²) < 4.78 is 23.7. The Morgan fingerprint density at radius 2 is 2.25 bits per heavy atom. The lowest BCUT2D eigenvalue weighted by Crippen LogP contribution is -2.35. The van der Waals surface area contributed by atoms with Crippen molar-refractivity contribution in [3.8, 4) is 0 Å². The molecule has 1 aliphatic rings. The maximum absolute atomic E-state index is 11.8. The molecule has 1 aliphatic carbocycles. The van der Waals surface area contributed by atoms with Crippen molar-refractivity contribution >= 4 is 21.2 Å². The van der Waals surface area contributed by atoms with E-state index in [4.69, 9.17) is 0 Å². The molecule has 114 valence electrons. The minimum Gasteiger partial charge on any atom is -0.310 e. The molecular weight excluding hydrogens is 290 g/mol. The summed E-state index contributed by atoms with van der Waals surface area (Å²) in [4.78, 5) is 0. The molecule has 0 spiro atoms. The van der Waals surface area contributed by atoms with Gasteiger partial charge in [0.05, 0.1) is 5.25 Å². The molecule has 0 saturated heterocycles. The second kappa shape index (κ2) is 7.05. The molecule has 0 bridgehead atoms. The van der Waals surface area contributed by atoms with Crippen molar-refractivity contribution in [3.63, 3.8) is 0 Å². The monoisotopic (exact) mass is 315 g/mol. The fourth-order valence-electron chi connectivity index (χ4n) is 3.18.